The average Bonchev–Trinajstić information content (AvgIpc) is 3.19. The minimum absolute atomic E-state index is 0.194. The second-order valence-corrected chi connectivity index (χ2v) is 14.1. The molecule has 2 aliphatic heterocycles. The van der Waals surface area contributed by atoms with Crippen molar-refractivity contribution in [3.05, 3.63) is 35.4 Å². The van der Waals surface area contributed by atoms with Crippen LogP contribution in [0.5, 0.6) is 0 Å². The molecule has 1 aromatic carbocycles. The van der Waals surface area contributed by atoms with Crippen molar-refractivity contribution in [2.24, 2.45) is 29.6 Å². The van der Waals surface area contributed by atoms with E-state index in [0.717, 1.165) is 44.1 Å². The highest BCUT2D eigenvalue weighted by Crippen LogP contribution is 2.64. The van der Waals surface area contributed by atoms with Crippen LogP contribution in [0.4, 0.5) is 0 Å². The Hall–Kier alpha value is -1.56. The van der Waals surface area contributed by atoms with Crippen LogP contribution in [0.1, 0.15) is 74.8 Å². The summed E-state index contributed by atoms with van der Waals surface area (Å²) in [5.74, 6) is 1.49. The number of nitrogens with zero attached hydrogens (tertiary/aromatic N) is 1. The second-order valence-electron chi connectivity index (χ2n) is 12.7. The van der Waals surface area contributed by atoms with E-state index in [-0.39, 0.29) is 5.92 Å². The second kappa shape index (κ2) is 9.82. The minimum Gasteiger partial charge on any atom is -0.481 e. The van der Waals surface area contributed by atoms with Crippen molar-refractivity contribution in [3.8, 4) is 0 Å². The predicted octanol–water partition coefficient (Wildman–Crippen LogP) is 4.19. The summed E-state index contributed by atoms with van der Waals surface area (Å²) in [6.07, 6.45) is 11.1. The summed E-state index contributed by atoms with van der Waals surface area (Å²) in [6.45, 7) is 2.16. The van der Waals surface area contributed by atoms with Crippen LogP contribution in [0.25, 0.3) is 0 Å². The zero-order valence-electron chi connectivity index (χ0n) is 22.0. The summed E-state index contributed by atoms with van der Waals surface area (Å²) >= 11 is 0. The van der Waals surface area contributed by atoms with E-state index in [1.807, 2.05) is 0 Å². The first-order valence-corrected chi connectivity index (χ1v) is 15.9. The Bertz CT molecular complexity index is 1100. The molecule has 38 heavy (non-hydrogen) atoms. The summed E-state index contributed by atoms with van der Waals surface area (Å²) in [6, 6.07) is 8.95. The lowest BCUT2D eigenvalue weighted by Gasteiger charge is -2.57. The van der Waals surface area contributed by atoms with Crippen LogP contribution in [0, 0.1) is 29.6 Å². The maximum absolute atomic E-state index is 11.0. The summed E-state index contributed by atoms with van der Waals surface area (Å²) < 4.78 is 32.7. The monoisotopic (exact) mass is 549 g/mol. The average molecular weight is 550 g/mol. The quantitative estimate of drug-likeness (QED) is 0.420. The van der Waals surface area contributed by atoms with Crippen LogP contribution in [-0.2, 0) is 36.0 Å². The first kappa shape index (κ1) is 26.7. The van der Waals surface area contributed by atoms with Crippen molar-refractivity contribution in [1.82, 2.24) is 4.90 Å². The van der Waals surface area contributed by atoms with Gasteiger partial charge >= 0.3 is 5.97 Å². The van der Waals surface area contributed by atoms with Crippen LogP contribution in [-0.4, -0.2) is 59.9 Å². The zero-order valence-corrected chi connectivity index (χ0v) is 22.8. The van der Waals surface area contributed by atoms with Gasteiger partial charge in [-0.3, -0.25) is 14.2 Å². The first-order chi connectivity index (χ1) is 18.0. The lowest BCUT2D eigenvalue weighted by molar-refractivity contribution is -0.390. The molecule has 4 bridgehead atoms. The number of aliphatic carboxylic acids is 1. The van der Waals surface area contributed by atoms with E-state index >= 15 is 0 Å². The first-order valence-electron chi connectivity index (χ1n) is 14.0. The number of benzene rings is 1. The molecule has 10 heteroatoms. The number of hydrogen-bond donors (Lipinski definition) is 2. The van der Waals surface area contributed by atoms with Crippen LogP contribution in [0.2, 0.25) is 0 Å². The summed E-state index contributed by atoms with van der Waals surface area (Å²) in [7, 11) is -3.67. The number of rotatable bonds is 4. The van der Waals surface area contributed by atoms with Crippen molar-refractivity contribution in [2.75, 3.05) is 19.3 Å². The van der Waals surface area contributed by atoms with Gasteiger partial charge in [0.2, 0.25) is 11.6 Å². The molecule has 210 valence electrons. The minimum atomic E-state index is -3.67. The lowest BCUT2D eigenvalue weighted by atomic mass is 9.53. The Morgan fingerprint density at radius 2 is 1.53 bits per heavy atom. The normalized spacial score (nSPS) is 40.2. The molecular weight excluding hydrogens is 510 g/mol. The summed E-state index contributed by atoms with van der Waals surface area (Å²) in [5.41, 5.74) is 2.65. The smallest absolute Gasteiger partial charge is 0.309 e. The van der Waals surface area contributed by atoms with Gasteiger partial charge in [0.1, 0.15) is 0 Å². The fourth-order valence-electron chi connectivity index (χ4n) is 8.19. The Balaban J connectivity index is 0.000000487. The Morgan fingerprint density at radius 3 is 2.05 bits per heavy atom. The molecule has 1 aromatic rings. The molecular formula is C28H39NO8S. The Labute approximate surface area is 224 Å². The van der Waals surface area contributed by atoms with Crippen molar-refractivity contribution < 1.29 is 37.4 Å². The van der Waals surface area contributed by atoms with E-state index in [1.165, 1.54) is 43.2 Å². The number of likely N-dealkylation sites (tertiary alicyclic amines) is 1. The van der Waals surface area contributed by atoms with Crippen molar-refractivity contribution >= 4 is 16.1 Å². The topological polar surface area (TPSA) is 123 Å². The van der Waals surface area contributed by atoms with E-state index in [9.17, 15) is 13.2 Å². The van der Waals surface area contributed by atoms with E-state index in [0.29, 0.717) is 37.1 Å². The molecule has 0 radical (unpaired) electrons. The van der Waals surface area contributed by atoms with Crippen LogP contribution in [0.15, 0.2) is 24.3 Å². The van der Waals surface area contributed by atoms with Gasteiger partial charge in [0.15, 0.2) is 0 Å². The van der Waals surface area contributed by atoms with Crippen molar-refractivity contribution in [1.29, 1.82) is 0 Å². The van der Waals surface area contributed by atoms with Crippen molar-refractivity contribution in [2.45, 2.75) is 81.8 Å². The third kappa shape index (κ3) is 5.28. The summed E-state index contributed by atoms with van der Waals surface area (Å²) in [4.78, 5) is 25.5. The number of ether oxygens (including phenoxy) is 1. The molecule has 2 spiro atoms. The van der Waals surface area contributed by atoms with Gasteiger partial charge in [-0.1, -0.05) is 24.3 Å². The van der Waals surface area contributed by atoms with Gasteiger partial charge in [-0.2, -0.15) is 18.2 Å². The Morgan fingerprint density at radius 1 is 0.974 bits per heavy atom. The highest BCUT2D eigenvalue weighted by molar-refractivity contribution is 7.85. The van der Waals surface area contributed by atoms with Crippen LogP contribution < -0.4 is 0 Å². The van der Waals surface area contributed by atoms with E-state index in [2.05, 4.69) is 29.2 Å². The standard InChI is InChI=1S/C27H35NO5.CH4O3S/c29-25(30)22-15-28(16-22)14-17-1-3-20(4-2-17)21-5-7-26(8-6-21)31-27(33-32-26)23-10-18-9-19(12-23)13-24(27)11-18;1-5(2,3)4/h1-4,18-19,21-24H,5-16H2,(H,29,30);1H3,(H,2,3,4). The maximum Gasteiger partial charge on any atom is 0.309 e. The molecule has 2 heterocycles. The molecule has 0 unspecified atom stereocenters. The number of carbonyl (C=O) groups is 1. The van der Waals surface area contributed by atoms with Gasteiger partial charge in [-0.15, -0.1) is 0 Å². The number of carboxylic acids is 1. The third-order valence-electron chi connectivity index (χ3n) is 9.86. The molecule has 0 amide bonds. The molecule has 8 rings (SSSR count). The maximum atomic E-state index is 11.0. The number of carboxylic acid groups (broad SMARTS) is 1. The zero-order chi connectivity index (χ0) is 26.7. The Kier molecular flexibility index (Phi) is 6.88. The molecule has 0 atom stereocenters. The van der Waals surface area contributed by atoms with Gasteiger partial charge in [0.05, 0.1) is 12.2 Å². The van der Waals surface area contributed by atoms with E-state index < -0.39 is 27.7 Å². The van der Waals surface area contributed by atoms with E-state index in [1.54, 1.807) is 0 Å². The molecule has 0 aromatic heterocycles. The molecule has 7 aliphatic rings. The number of hydrogen-bond acceptors (Lipinski definition) is 7. The van der Waals surface area contributed by atoms with Crippen LogP contribution >= 0.6 is 0 Å². The highest BCUT2D eigenvalue weighted by atomic mass is 32.2. The fraction of sp³-hybridized carbons (Fsp3) is 0.750. The van der Waals surface area contributed by atoms with Crippen LogP contribution in [0.3, 0.4) is 0 Å². The van der Waals surface area contributed by atoms with Gasteiger partial charge < -0.3 is 9.84 Å². The third-order valence-corrected chi connectivity index (χ3v) is 9.86. The predicted molar refractivity (Wildman–Crippen MR) is 137 cm³/mol. The molecule has 5 aliphatic carbocycles. The molecule has 2 N–H and O–H groups in total. The molecule has 9 nitrogen and oxygen atoms in total. The fourth-order valence-corrected chi connectivity index (χ4v) is 8.19. The highest BCUT2D eigenvalue weighted by Gasteiger charge is 2.66. The van der Waals surface area contributed by atoms with Gasteiger partial charge in [0, 0.05) is 44.3 Å². The molecule has 2 saturated heterocycles. The van der Waals surface area contributed by atoms with Gasteiger partial charge in [0.25, 0.3) is 10.1 Å². The lowest BCUT2D eigenvalue weighted by Crippen LogP contribution is -2.59. The van der Waals surface area contributed by atoms with E-state index in [4.69, 9.17) is 24.2 Å². The molecule has 5 saturated carbocycles. The van der Waals surface area contributed by atoms with Crippen molar-refractivity contribution in [3.63, 3.8) is 0 Å². The largest absolute Gasteiger partial charge is 0.481 e. The van der Waals surface area contributed by atoms with Gasteiger partial charge in [-0.25, -0.2) is 0 Å². The summed E-state index contributed by atoms with van der Waals surface area (Å²) in [5, 5.41) is 9.05. The molecule has 7 fully saturated rings. The SMILES string of the molecule is CS(=O)(=O)O.O=C(O)C1CN(Cc2ccc(C3CCC4(CC3)OOC3(O4)C4CC5CC(C4)CC3C5)cc2)C1. The van der Waals surface area contributed by atoms with Gasteiger partial charge in [-0.05, 0) is 73.8 Å².